The summed E-state index contributed by atoms with van der Waals surface area (Å²) in [5, 5.41) is 7.55. The van der Waals surface area contributed by atoms with Gasteiger partial charge in [-0.25, -0.2) is 4.79 Å². The minimum Gasteiger partial charge on any atom is -0.489 e. The van der Waals surface area contributed by atoms with Gasteiger partial charge in [-0.2, -0.15) is 0 Å². The Kier molecular flexibility index (Phi) is 6.06. The van der Waals surface area contributed by atoms with E-state index in [0.717, 1.165) is 32.5 Å². The molecule has 2 aromatic carbocycles. The van der Waals surface area contributed by atoms with Crippen molar-refractivity contribution in [3.05, 3.63) is 80.4 Å². The van der Waals surface area contributed by atoms with Crippen molar-refractivity contribution in [2.24, 2.45) is 0 Å². The number of carbonyl (C=O) groups excluding carboxylic acids is 2. The highest BCUT2D eigenvalue weighted by atomic mass is 32.1. The molecule has 0 bridgehead atoms. The molecule has 0 aliphatic heterocycles. The molecule has 4 rings (SSSR count). The lowest BCUT2D eigenvalue weighted by molar-refractivity contribution is 0.0601. The Bertz CT molecular complexity index is 1270. The predicted octanol–water partition coefficient (Wildman–Crippen LogP) is 6.20. The number of hydrogen-bond donors (Lipinski definition) is 1. The smallest absolute Gasteiger partial charge is 0.341 e. The molecule has 0 radical (unpaired) electrons. The number of nitrogens with one attached hydrogen (secondary N) is 1. The summed E-state index contributed by atoms with van der Waals surface area (Å²) < 4.78 is 10.8. The second kappa shape index (κ2) is 8.91. The van der Waals surface area contributed by atoms with Gasteiger partial charge < -0.3 is 14.8 Å². The number of ether oxygens (including phenoxy) is 2. The number of methoxy groups -OCH3 is 1. The molecule has 0 unspecified atom stereocenters. The third-order valence-electron chi connectivity index (χ3n) is 5.01. The van der Waals surface area contributed by atoms with Gasteiger partial charge in [0, 0.05) is 10.4 Å². The van der Waals surface area contributed by atoms with Crippen molar-refractivity contribution in [1.82, 2.24) is 0 Å². The van der Waals surface area contributed by atoms with Crippen molar-refractivity contribution in [2.75, 3.05) is 12.4 Å². The fourth-order valence-corrected chi connectivity index (χ4v) is 5.06. The third kappa shape index (κ3) is 4.47. The Morgan fingerprint density at radius 2 is 1.81 bits per heavy atom. The molecular weight excluding hydrogens is 430 g/mol. The van der Waals surface area contributed by atoms with Crippen LogP contribution in [-0.4, -0.2) is 19.0 Å². The number of hydrogen-bond acceptors (Lipinski definition) is 6. The SMILES string of the molecule is COC(=O)c1c(NC(=O)c2cc(COc3ccc4ccccc4c3)cs2)sc(C)c1C. The molecule has 5 nitrogen and oxygen atoms in total. The van der Waals surface area contributed by atoms with Crippen molar-refractivity contribution >= 4 is 50.3 Å². The lowest BCUT2D eigenvalue weighted by atomic mass is 10.1. The first-order valence-corrected chi connectivity index (χ1v) is 11.3. The Balaban J connectivity index is 1.44. The largest absolute Gasteiger partial charge is 0.489 e. The van der Waals surface area contributed by atoms with Gasteiger partial charge >= 0.3 is 5.97 Å². The van der Waals surface area contributed by atoms with Crippen LogP contribution in [0.4, 0.5) is 5.00 Å². The van der Waals surface area contributed by atoms with E-state index in [0.29, 0.717) is 22.0 Å². The summed E-state index contributed by atoms with van der Waals surface area (Å²) in [6.07, 6.45) is 0. The van der Waals surface area contributed by atoms with E-state index in [1.165, 1.54) is 29.8 Å². The number of rotatable bonds is 6. The minimum atomic E-state index is -0.451. The van der Waals surface area contributed by atoms with E-state index in [4.69, 9.17) is 9.47 Å². The average molecular weight is 452 g/mol. The predicted molar refractivity (Wildman–Crippen MR) is 126 cm³/mol. The quantitative estimate of drug-likeness (QED) is 0.355. The molecule has 0 fully saturated rings. The van der Waals surface area contributed by atoms with E-state index in [1.54, 1.807) is 0 Å². The van der Waals surface area contributed by atoms with Gasteiger partial charge in [-0.05, 0) is 53.8 Å². The van der Waals surface area contributed by atoms with E-state index in [-0.39, 0.29) is 5.91 Å². The van der Waals surface area contributed by atoms with Gasteiger partial charge in [0.2, 0.25) is 0 Å². The molecule has 31 heavy (non-hydrogen) atoms. The third-order valence-corrected chi connectivity index (χ3v) is 7.11. The van der Waals surface area contributed by atoms with E-state index < -0.39 is 5.97 Å². The standard InChI is InChI=1S/C24H21NO4S2/c1-14-15(2)31-23(21(14)24(27)28-3)25-22(26)20-10-16(13-30-20)12-29-19-9-8-17-6-4-5-7-18(17)11-19/h4-11,13H,12H2,1-3H3,(H,25,26). The highest BCUT2D eigenvalue weighted by Gasteiger charge is 2.22. The molecule has 0 saturated heterocycles. The highest BCUT2D eigenvalue weighted by Crippen LogP contribution is 2.33. The van der Waals surface area contributed by atoms with Gasteiger partial charge in [-0.1, -0.05) is 30.3 Å². The van der Waals surface area contributed by atoms with Crippen LogP contribution in [0.15, 0.2) is 53.9 Å². The summed E-state index contributed by atoms with van der Waals surface area (Å²) in [4.78, 5) is 26.4. The zero-order chi connectivity index (χ0) is 22.0. The topological polar surface area (TPSA) is 64.6 Å². The number of esters is 1. The van der Waals surface area contributed by atoms with Crippen LogP contribution in [0.25, 0.3) is 10.8 Å². The summed E-state index contributed by atoms with van der Waals surface area (Å²) in [6, 6.07) is 15.9. The second-order valence-electron chi connectivity index (χ2n) is 7.05. The first-order chi connectivity index (χ1) is 15.0. The van der Waals surface area contributed by atoms with Crippen LogP contribution < -0.4 is 10.1 Å². The monoisotopic (exact) mass is 451 g/mol. The Morgan fingerprint density at radius 3 is 2.58 bits per heavy atom. The zero-order valence-corrected chi connectivity index (χ0v) is 19.0. The van der Waals surface area contributed by atoms with Crippen molar-refractivity contribution < 1.29 is 19.1 Å². The zero-order valence-electron chi connectivity index (χ0n) is 17.4. The van der Waals surface area contributed by atoms with E-state index >= 15 is 0 Å². The Labute approximate surface area is 188 Å². The lowest BCUT2D eigenvalue weighted by Crippen LogP contribution is -2.13. The Morgan fingerprint density at radius 1 is 1.03 bits per heavy atom. The molecule has 1 amide bonds. The number of fused-ring (bicyclic) bond motifs is 1. The van der Waals surface area contributed by atoms with E-state index in [9.17, 15) is 9.59 Å². The van der Waals surface area contributed by atoms with Crippen molar-refractivity contribution in [3.63, 3.8) is 0 Å². The number of carbonyl (C=O) groups is 2. The highest BCUT2D eigenvalue weighted by molar-refractivity contribution is 7.17. The number of amides is 1. The van der Waals surface area contributed by atoms with Crippen LogP contribution in [0, 0.1) is 13.8 Å². The first kappa shape index (κ1) is 21.1. The fraction of sp³-hybridized carbons (Fsp3) is 0.167. The van der Waals surface area contributed by atoms with Gasteiger partial charge in [0.1, 0.15) is 17.4 Å². The number of anilines is 1. The molecule has 2 heterocycles. The van der Waals surface area contributed by atoms with Gasteiger partial charge in [-0.15, -0.1) is 22.7 Å². The molecule has 7 heteroatoms. The second-order valence-corrected chi connectivity index (χ2v) is 9.19. The normalized spacial score (nSPS) is 10.8. The molecule has 0 aliphatic carbocycles. The van der Waals surface area contributed by atoms with E-state index in [1.807, 2.05) is 61.7 Å². The summed E-state index contributed by atoms with van der Waals surface area (Å²) in [7, 11) is 1.33. The first-order valence-electron chi connectivity index (χ1n) is 9.65. The summed E-state index contributed by atoms with van der Waals surface area (Å²) in [5.41, 5.74) is 2.15. The molecule has 2 aromatic heterocycles. The van der Waals surface area contributed by atoms with Crippen molar-refractivity contribution in [2.45, 2.75) is 20.5 Å². The van der Waals surface area contributed by atoms with Gasteiger partial charge in [0.25, 0.3) is 5.91 Å². The summed E-state index contributed by atoms with van der Waals surface area (Å²) in [6.45, 7) is 4.13. The lowest BCUT2D eigenvalue weighted by Gasteiger charge is -2.06. The Hall–Kier alpha value is -3.16. The van der Waals surface area contributed by atoms with Crippen LogP contribution in [0.5, 0.6) is 5.75 Å². The number of aryl methyl sites for hydroxylation is 1. The minimum absolute atomic E-state index is 0.256. The van der Waals surface area contributed by atoms with Crippen LogP contribution in [0.1, 0.15) is 36.0 Å². The number of thiophene rings is 2. The van der Waals surface area contributed by atoms with Crippen LogP contribution >= 0.6 is 22.7 Å². The van der Waals surface area contributed by atoms with Gasteiger partial charge in [0.05, 0.1) is 17.6 Å². The van der Waals surface area contributed by atoms with Crippen LogP contribution in [0.2, 0.25) is 0 Å². The number of benzene rings is 2. The molecular formula is C24H21NO4S2. The van der Waals surface area contributed by atoms with Crippen LogP contribution in [0.3, 0.4) is 0 Å². The summed E-state index contributed by atoms with van der Waals surface area (Å²) in [5.74, 6) is 0.0734. The average Bonchev–Trinajstić information content (AvgIpc) is 3.36. The van der Waals surface area contributed by atoms with Crippen molar-refractivity contribution in [3.8, 4) is 5.75 Å². The van der Waals surface area contributed by atoms with Crippen LogP contribution in [-0.2, 0) is 11.3 Å². The molecule has 1 N–H and O–H groups in total. The molecule has 0 atom stereocenters. The molecule has 158 valence electrons. The van der Waals surface area contributed by atoms with Gasteiger partial charge in [-0.3, -0.25) is 4.79 Å². The maximum absolute atomic E-state index is 12.7. The maximum Gasteiger partial charge on any atom is 0.341 e. The molecule has 4 aromatic rings. The molecule has 0 spiro atoms. The molecule has 0 aliphatic rings. The maximum atomic E-state index is 12.7. The van der Waals surface area contributed by atoms with Crippen molar-refractivity contribution in [1.29, 1.82) is 0 Å². The van der Waals surface area contributed by atoms with E-state index in [2.05, 4.69) is 11.4 Å². The molecule has 0 saturated carbocycles. The summed E-state index contributed by atoms with van der Waals surface area (Å²) >= 11 is 2.71. The fourth-order valence-electron chi connectivity index (χ4n) is 3.22. The van der Waals surface area contributed by atoms with Gasteiger partial charge in [0.15, 0.2) is 0 Å².